The van der Waals surface area contributed by atoms with E-state index in [0.717, 1.165) is 32.1 Å². The molecular weight excluding hydrogens is 488 g/mol. The zero-order chi connectivity index (χ0) is 28.8. The van der Waals surface area contributed by atoms with Gasteiger partial charge in [-0.2, -0.15) is 0 Å². The average molecular weight is 553 g/mol. The lowest BCUT2D eigenvalue weighted by atomic mass is 10.0. The first-order valence-corrected chi connectivity index (χ1v) is 16.6. The van der Waals surface area contributed by atoms with Crippen LogP contribution in [0, 0.1) is 0 Å². The number of nitrogens with zero attached hydrogens (tertiary/aromatic N) is 1. The van der Waals surface area contributed by atoms with E-state index in [2.05, 4.69) is 12.2 Å². The fourth-order valence-electron chi connectivity index (χ4n) is 5.40. The Labute approximate surface area is 241 Å². The number of likely N-dealkylation sites (tertiary alicyclic amines) is 1. The summed E-state index contributed by atoms with van der Waals surface area (Å²) in [6.07, 6.45) is 23.9. The van der Waals surface area contributed by atoms with Crippen molar-refractivity contribution in [3.05, 3.63) is 0 Å². The second-order valence-electron chi connectivity index (χ2n) is 12.9. The van der Waals surface area contributed by atoms with Crippen molar-refractivity contribution >= 4 is 11.8 Å². The second-order valence-corrected chi connectivity index (χ2v) is 12.9. The number of hydrogen-bond acceptors (Lipinski definition) is 4. The maximum Gasteiger partial charge on any atom is 0.222 e. The van der Waals surface area contributed by atoms with Crippen molar-refractivity contribution in [3.63, 3.8) is 0 Å². The zero-order valence-electron chi connectivity index (χ0n) is 26.2. The smallest absolute Gasteiger partial charge is 0.222 e. The number of nitrogens with one attached hydrogen (secondary N) is 1. The van der Waals surface area contributed by atoms with Crippen LogP contribution in [0.25, 0.3) is 0 Å². The number of β-amino-alcohol motifs (C(OH)–C–C–N with tert-alkyl or cyclic N) is 1. The number of rotatable bonds is 24. The third-order valence-electron chi connectivity index (χ3n) is 7.82. The number of carbonyl (C=O) groups excluding carboxylic acids is 2. The molecule has 0 aromatic rings. The van der Waals surface area contributed by atoms with Crippen molar-refractivity contribution in [1.82, 2.24) is 10.2 Å². The maximum absolute atomic E-state index is 12.7. The van der Waals surface area contributed by atoms with Gasteiger partial charge in [-0.3, -0.25) is 9.59 Å². The van der Waals surface area contributed by atoms with Crippen LogP contribution in [-0.2, 0) is 14.3 Å². The van der Waals surface area contributed by atoms with Gasteiger partial charge in [0.25, 0.3) is 0 Å². The number of aliphatic hydroxyl groups is 1. The average Bonchev–Trinajstić information content (AvgIpc) is 3.27. The first-order valence-electron chi connectivity index (χ1n) is 16.6. The van der Waals surface area contributed by atoms with Gasteiger partial charge in [-0.25, -0.2) is 0 Å². The van der Waals surface area contributed by atoms with Gasteiger partial charge in [-0.05, 0) is 46.5 Å². The SMILES string of the molecule is CCCCCCCCCCCCCCCCCC(=O)NCCCCCC(=O)N1C[C@H](O)C[C@H]1COC(C)(C)C. The molecule has 0 aromatic carbocycles. The van der Waals surface area contributed by atoms with E-state index in [4.69, 9.17) is 4.74 Å². The first kappa shape index (κ1) is 35.9. The summed E-state index contributed by atoms with van der Waals surface area (Å²) in [4.78, 5) is 26.6. The minimum absolute atomic E-state index is 0.0364. The molecule has 6 heteroatoms. The van der Waals surface area contributed by atoms with Gasteiger partial charge in [0, 0.05) is 25.9 Å². The molecule has 1 aliphatic heterocycles. The largest absolute Gasteiger partial charge is 0.391 e. The molecule has 39 heavy (non-hydrogen) atoms. The lowest BCUT2D eigenvalue weighted by Crippen LogP contribution is -2.40. The maximum atomic E-state index is 12.7. The van der Waals surface area contributed by atoms with Crippen LogP contribution in [0.1, 0.15) is 163 Å². The number of ether oxygens (including phenoxy) is 1. The van der Waals surface area contributed by atoms with Gasteiger partial charge in [0.15, 0.2) is 0 Å². The highest BCUT2D eigenvalue weighted by molar-refractivity contribution is 5.77. The molecule has 1 saturated heterocycles. The fourth-order valence-corrected chi connectivity index (χ4v) is 5.40. The summed E-state index contributed by atoms with van der Waals surface area (Å²) in [5.41, 5.74) is -0.251. The molecule has 0 aliphatic carbocycles. The van der Waals surface area contributed by atoms with Crippen LogP contribution in [0.15, 0.2) is 0 Å². The van der Waals surface area contributed by atoms with Gasteiger partial charge >= 0.3 is 0 Å². The van der Waals surface area contributed by atoms with Crippen molar-refractivity contribution in [2.45, 2.75) is 180 Å². The molecule has 0 bridgehead atoms. The molecule has 230 valence electrons. The fraction of sp³-hybridized carbons (Fsp3) is 0.939. The Hall–Kier alpha value is -1.14. The molecule has 1 fully saturated rings. The van der Waals surface area contributed by atoms with Crippen molar-refractivity contribution in [3.8, 4) is 0 Å². The zero-order valence-corrected chi connectivity index (χ0v) is 26.2. The van der Waals surface area contributed by atoms with Crippen LogP contribution < -0.4 is 5.32 Å². The van der Waals surface area contributed by atoms with Crippen molar-refractivity contribution in [2.24, 2.45) is 0 Å². The van der Waals surface area contributed by atoms with E-state index >= 15 is 0 Å². The molecule has 1 heterocycles. The molecule has 6 nitrogen and oxygen atoms in total. The molecule has 0 aromatic heterocycles. The first-order chi connectivity index (χ1) is 18.7. The summed E-state index contributed by atoms with van der Waals surface area (Å²) in [5.74, 6) is 0.264. The minimum atomic E-state index is -0.456. The molecule has 0 spiro atoms. The molecule has 2 amide bonds. The number of carbonyl (C=O) groups is 2. The lowest BCUT2D eigenvalue weighted by Gasteiger charge is -2.28. The van der Waals surface area contributed by atoms with E-state index in [1.54, 1.807) is 4.90 Å². The molecule has 0 saturated carbocycles. The van der Waals surface area contributed by atoms with Crippen LogP contribution in [0.4, 0.5) is 0 Å². The second kappa shape index (κ2) is 22.5. The summed E-state index contributed by atoms with van der Waals surface area (Å²) in [7, 11) is 0. The van der Waals surface area contributed by atoms with Gasteiger partial charge in [0.05, 0.1) is 24.4 Å². The molecule has 1 rings (SSSR count). The Morgan fingerprint density at radius 2 is 1.26 bits per heavy atom. The van der Waals surface area contributed by atoms with Gasteiger partial charge < -0.3 is 20.1 Å². The molecule has 2 atom stereocenters. The number of aliphatic hydroxyl groups excluding tert-OH is 1. The standard InChI is InChI=1S/C33H64N2O4/c1-5-6-7-8-9-10-11-12-13-14-15-16-17-18-20-23-31(37)34-25-22-19-21-24-32(38)35-27-30(36)26-29(35)28-39-33(2,3)4/h29-30,36H,5-28H2,1-4H3,(H,34,37)/t29-,30+/m0/s1. The lowest BCUT2D eigenvalue weighted by molar-refractivity contribution is -0.134. The summed E-state index contributed by atoms with van der Waals surface area (Å²) in [5, 5.41) is 13.1. The predicted octanol–water partition coefficient (Wildman–Crippen LogP) is 7.70. The Morgan fingerprint density at radius 1 is 0.769 bits per heavy atom. The van der Waals surface area contributed by atoms with E-state index in [1.807, 2.05) is 20.8 Å². The Kier molecular flexibility index (Phi) is 20.7. The molecule has 0 radical (unpaired) electrons. The van der Waals surface area contributed by atoms with Crippen LogP contribution in [0.3, 0.4) is 0 Å². The summed E-state index contributed by atoms with van der Waals surface area (Å²) in [6, 6.07) is -0.0364. The van der Waals surface area contributed by atoms with E-state index in [9.17, 15) is 14.7 Å². The third kappa shape index (κ3) is 20.4. The molecule has 0 unspecified atom stereocenters. The highest BCUT2D eigenvalue weighted by atomic mass is 16.5. The highest BCUT2D eigenvalue weighted by Gasteiger charge is 2.34. The summed E-state index contributed by atoms with van der Waals surface area (Å²) in [6.45, 7) is 9.86. The molecule has 2 N–H and O–H groups in total. The quantitative estimate of drug-likeness (QED) is 0.120. The van der Waals surface area contributed by atoms with Gasteiger partial charge in [-0.1, -0.05) is 103 Å². The van der Waals surface area contributed by atoms with Crippen LogP contribution >= 0.6 is 0 Å². The molecule has 1 aliphatic rings. The Bertz CT molecular complexity index is 619. The monoisotopic (exact) mass is 552 g/mol. The number of amides is 2. The minimum Gasteiger partial charge on any atom is -0.391 e. The van der Waals surface area contributed by atoms with E-state index in [-0.39, 0.29) is 23.5 Å². The Morgan fingerprint density at radius 3 is 1.79 bits per heavy atom. The van der Waals surface area contributed by atoms with Crippen LogP contribution in [0.2, 0.25) is 0 Å². The van der Waals surface area contributed by atoms with E-state index in [1.165, 1.54) is 83.5 Å². The van der Waals surface area contributed by atoms with Crippen molar-refractivity contribution in [1.29, 1.82) is 0 Å². The summed E-state index contributed by atoms with van der Waals surface area (Å²) < 4.78 is 5.86. The van der Waals surface area contributed by atoms with Crippen molar-refractivity contribution < 1.29 is 19.4 Å². The topological polar surface area (TPSA) is 78.9 Å². The predicted molar refractivity (Wildman–Crippen MR) is 163 cm³/mol. The molecular formula is C33H64N2O4. The van der Waals surface area contributed by atoms with Gasteiger partial charge in [-0.15, -0.1) is 0 Å². The normalized spacial score (nSPS) is 17.6. The van der Waals surface area contributed by atoms with E-state index < -0.39 is 6.10 Å². The summed E-state index contributed by atoms with van der Waals surface area (Å²) >= 11 is 0. The number of unbranched alkanes of at least 4 members (excludes halogenated alkanes) is 16. The number of hydrogen-bond donors (Lipinski definition) is 2. The van der Waals surface area contributed by atoms with Gasteiger partial charge in [0.1, 0.15) is 0 Å². The third-order valence-corrected chi connectivity index (χ3v) is 7.82. The van der Waals surface area contributed by atoms with E-state index in [0.29, 0.717) is 39.0 Å². The van der Waals surface area contributed by atoms with Gasteiger partial charge in [0.2, 0.25) is 11.8 Å². The van der Waals surface area contributed by atoms with Crippen LogP contribution in [0.5, 0.6) is 0 Å². The Balaban J connectivity index is 1.91. The highest BCUT2D eigenvalue weighted by Crippen LogP contribution is 2.22. The van der Waals surface area contributed by atoms with Crippen LogP contribution in [-0.4, -0.2) is 59.3 Å². The van der Waals surface area contributed by atoms with Crippen molar-refractivity contribution in [2.75, 3.05) is 19.7 Å².